The minimum atomic E-state index is -4.07. The topological polar surface area (TPSA) is 116 Å². The molecule has 0 radical (unpaired) electrons. The minimum Gasteiger partial charge on any atom is -0.323 e. The fourth-order valence-electron chi connectivity index (χ4n) is 1.85. The molecule has 0 atom stereocenters. The molecule has 2 aromatic carbocycles. The van der Waals surface area contributed by atoms with E-state index in [0.717, 1.165) is 6.08 Å². The maximum atomic E-state index is 12.2. The Kier molecular flexibility index (Phi) is 5.31. The molecule has 0 fully saturated rings. The number of nitrogens with zero attached hydrogens (tertiary/aromatic N) is 1. The second kappa shape index (κ2) is 7.42. The summed E-state index contributed by atoms with van der Waals surface area (Å²) < 4.78 is 26.4. The highest BCUT2D eigenvalue weighted by atomic mass is 32.2. The number of carbonyl (C=O) groups excluding carboxylic acids is 2. The van der Waals surface area contributed by atoms with Crippen molar-refractivity contribution in [2.75, 3.05) is 5.32 Å². The van der Waals surface area contributed by atoms with E-state index >= 15 is 0 Å². The second-order valence-electron chi connectivity index (χ2n) is 4.84. The normalized spacial score (nSPS) is 10.4. The van der Waals surface area contributed by atoms with Crippen molar-refractivity contribution in [1.82, 2.24) is 4.72 Å². The van der Waals surface area contributed by atoms with Crippen LogP contribution in [0.4, 0.5) is 5.69 Å². The van der Waals surface area contributed by atoms with E-state index in [2.05, 4.69) is 11.9 Å². The third-order valence-corrected chi connectivity index (χ3v) is 4.47. The van der Waals surface area contributed by atoms with Crippen LogP contribution in [0.2, 0.25) is 0 Å². The van der Waals surface area contributed by atoms with E-state index in [1.807, 2.05) is 10.8 Å². The van der Waals surface area contributed by atoms with Crippen LogP contribution in [0.1, 0.15) is 15.9 Å². The summed E-state index contributed by atoms with van der Waals surface area (Å²) in [5, 5.41) is 11.2. The molecule has 0 aromatic heterocycles. The Bertz CT molecular complexity index is 956. The summed E-state index contributed by atoms with van der Waals surface area (Å²) >= 11 is 0. The predicted molar refractivity (Wildman–Crippen MR) is 91.1 cm³/mol. The fourth-order valence-corrected chi connectivity index (χ4v) is 2.82. The lowest BCUT2D eigenvalue weighted by molar-refractivity contribution is -0.111. The molecule has 0 saturated carbocycles. The van der Waals surface area contributed by atoms with Crippen molar-refractivity contribution >= 4 is 27.5 Å². The summed E-state index contributed by atoms with van der Waals surface area (Å²) in [5.41, 5.74) is 0.858. The molecule has 0 unspecified atom stereocenters. The van der Waals surface area contributed by atoms with E-state index in [1.54, 1.807) is 0 Å². The molecule has 0 bridgehead atoms. The Morgan fingerprint density at radius 2 is 1.64 bits per heavy atom. The minimum absolute atomic E-state index is 0.109. The highest BCUT2D eigenvalue weighted by molar-refractivity contribution is 7.90. The van der Waals surface area contributed by atoms with E-state index in [4.69, 9.17) is 5.26 Å². The van der Waals surface area contributed by atoms with Gasteiger partial charge in [0, 0.05) is 11.3 Å². The highest BCUT2D eigenvalue weighted by Gasteiger charge is 2.18. The molecule has 0 spiro atoms. The van der Waals surface area contributed by atoms with Crippen LogP contribution in [-0.2, 0) is 14.8 Å². The van der Waals surface area contributed by atoms with Crippen LogP contribution in [0.15, 0.2) is 66.1 Å². The Morgan fingerprint density at radius 1 is 1.04 bits per heavy atom. The maximum Gasteiger partial charge on any atom is 0.264 e. The van der Waals surface area contributed by atoms with E-state index in [-0.39, 0.29) is 10.5 Å². The van der Waals surface area contributed by atoms with E-state index in [0.29, 0.717) is 11.3 Å². The smallest absolute Gasteiger partial charge is 0.264 e. The number of sulfonamides is 1. The van der Waals surface area contributed by atoms with Crippen LogP contribution in [-0.4, -0.2) is 20.2 Å². The first-order valence-corrected chi connectivity index (χ1v) is 8.45. The summed E-state index contributed by atoms with van der Waals surface area (Å²) in [5.74, 6) is -1.24. The van der Waals surface area contributed by atoms with Gasteiger partial charge in [-0.25, -0.2) is 13.1 Å². The van der Waals surface area contributed by atoms with Crippen LogP contribution in [0.5, 0.6) is 0 Å². The van der Waals surface area contributed by atoms with Crippen molar-refractivity contribution in [2.24, 2.45) is 0 Å². The average molecular weight is 355 g/mol. The third kappa shape index (κ3) is 4.53. The molecule has 2 amide bonds. The van der Waals surface area contributed by atoms with Crippen LogP contribution in [0.25, 0.3) is 0 Å². The molecule has 2 aromatic rings. The number of amides is 2. The molecule has 0 aliphatic carbocycles. The summed E-state index contributed by atoms with van der Waals surface area (Å²) in [6, 6.07) is 12.7. The maximum absolute atomic E-state index is 12.2. The lowest BCUT2D eigenvalue weighted by Gasteiger charge is -2.08. The zero-order valence-corrected chi connectivity index (χ0v) is 13.7. The van der Waals surface area contributed by atoms with Gasteiger partial charge in [-0.15, -0.1) is 0 Å². The van der Waals surface area contributed by atoms with Gasteiger partial charge in [-0.2, -0.15) is 5.26 Å². The number of hydrogen-bond acceptors (Lipinski definition) is 5. The lowest BCUT2D eigenvalue weighted by Crippen LogP contribution is -2.30. The first-order valence-electron chi connectivity index (χ1n) is 6.96. The summed E-state index contributed by atoms with van der Waals surface area (Å²) in [4.78, 5) is 23.1. The standard InChI is InChI=1S/C17H13N3O4S/c1-2-16(21)19-14-7-9-15(10-8-14)25(23,24)20-17(22)13-5-3-12(11-18)4-6-13/h2-10H,1H2,(H,19,21)(H,20,22). The van der Waals surface area contributed by atoms with Gasteiger partial charge in [0.15, 0.2) is 0 Å². The Labute approximate surface area is 144 Å². The molecular weight excluding hydrogens is 342 g/mol. The first-order chi connectivity index (χ1) is 11.9. The van der Waals surface area contributed by atoms with Gasteiger partial charge < -0.3 is 5.32 Å². The SMILES string of the molecule is C=CC(=O)Nc1ccc(S(=O)(=O)NC(=O)c2ccc(C#N)cc2)cc1. The fraction of sp³-hybridized carbons (Fsp3) is 0. The van der Waals surface area contributed by atoms with Crippen molar-refractivity contribution in [1.29, 1.82) is 5.26 Å². The van der Waals surface area contributed by atoms with Crippen molar-refractivity contribution < 1.29 is 18.0 Å². The lowest BCUT2D eigenvalue weighted by atomic mass is 10.1. The van der Waals surface area contributed by atoms with Crippen LogP contribution >= 0.6 is 0 Å². The number of nitrogens with one attached hydrogen (secondary N) is 2. The van der Waals surface area contributed by atoms with Gasteiger partial charge in [0.2, 0.25) is 5.91 Å². The predicted octanol–water partition coefficient (Wildman–Crippen LogP) is 1.80. The van der Waals surface area contributed by atoms with Gasteiger partial charge in [-0.1, -0.05) is 6.58 Å². The van der Waals surface area contributed by atoms with E-state index < -0.39 is 21.8 Å². The van der Waals surface area contributed by atoms with Crippen molar-refractivity contribution in [2.45, 2.75) is 4.90 Å². The van der Waals surface area contributed by atoms with Crippen molar-refractivity contribution in [3.05, 3.63) is 72.3 Å². The van der Waals surface area contributed by atoms with Crippen LogP contribution < -0.4 is 10.0 Å². The Morgan fingerprint density at radius 3 is 2.16 bits per heavy atom. The molecule has 2 N–H and O–H groups in total. The molecule has 126 valence electrons. The molecule has 0 aliphatic heterocycles. The third-order valence-electron chi connectivity index (χ3n) is 3.12. The van der Waals surface area contributed by atoms with Gasteiger partial charge in [0.05, 0.1) is 16.5 Å². The summed E-state index contributed by atoms with van der Waals surface area (Å²) in [7, 11) is -4.07. The van der Waals surface area contributed by atoms with Crippen molar-refractivity contribution in [3.63, 3.8) is 0 Å². The van der Waals surface area contributed by atoms with Crippen molar-refractivity contribution in [3.8, 4) is 6.07 Å². The summed E-state index contributed by atoms with van der Waals surface area (Å²) in [6.07, 6.45) is 1.09. The Balaban J connectivity index is 2.15. The molecule has 0 heterocycles. The first kappa shape index (κ1) is 17.9. The quantitative estimate of drug-likeness (QED) is 0.793. The number of rotatable bonds is 5. The second-order valence-corrected chi connectivity index (χ2v) is 6.52. The molecule has 0 aliphatic rings. The van der Waals surface area contributed by atoms with Crippen LogP contribution in [0, 0.1) is 11.3 Å². The molecule has 0 saturated heterocycles. The number of hydrogen-bond donors (Lipinski definition) is 2. The van der Waals surface area contributed by atoms with Crippen LogP contribution in [0.3, 0.4) is 0 Å². The monoisotopic (exact) mass is 355 g/mol. The van der Waals surface area contributed by atoms with Gasteiger partial charge >= 0.3 is 0 Å². The van der Waals surface area contributed by atoms with Gasteiger partial charge in [0.1, 0.15) is 0 Å². The summed E-state index contributed by atoms with van der Waals surface area (Å²) in [6.45, 7) is 3.31. The number of nitriles is 1. The molecule has 7 nitrogen and oxygen atoms in total. The van der Waals surface area contributed by atoms with E-state index in [9.17, 15) is 18.0 Å². The number of benzene rings is 2. The molecule has 2 rings (SSSR count). The molecule has 8 heteroatoms. The van der Waals surface area contributed by atoms with E-state index in [1.165, 1.54) is 48.5 Å². The zero-order valence-electron chi connectivity index (χ0n) is 12.9. The highest BCUT2D eigenvalue weighted by Crippen LogP contribution is 2.15. The van der Waals surface area contributed by atoms with Gasteiger partial charge in [-0.05, 0) is 54.6 Å². The zero-order chi connectivity index (χ0) is 18.4. The molecule has 25 heavy (non-hydrogen) atoms. The largest absolute Gasteiger partial charge is 0.323 e. The molecular formula is C17H13N3O4S. The number of anilines is 1. The van der Waals surface area contributed by atoms with Gasteiger partial charge in [0.25, 0.3) is 15.9 Å². The average Bonchev–Trinajstić information content (AvgIpc) is 2.61. The Hall–Kier alpha value is -3.44. The number of carbonyl (C=O) groups is 2. The van der Waals surface area contributed by atoms with Gasteiger partial charge in [-0.3, -0.25) is 9.59 Å².